The summed E-state index contributed by atoms with van der Waals surface area (Å²) in [6.07, 6.45) is 0. The maximum Gasteiger partial charge on any atom is 2.00 e. The van der Waals surface area contributed by atoms with Crippen molar-refractivity contribution < 1.29 is 16.5 Å². The van der Waals surface area contributed by atoms with E-state index in [1.165, 1.54) is 0 Å². The molecular formula is C20H54NiSi6. The van der Waals surface area contributed by atoms with Crippen LogP contribution in [0, 0.1) is 9.58 Å². The number of hydrogen-bond donors (Lipinski definition) is 0. The van der Waals surface area contributed by atoms with E-state index in [-0.39, 0.29) is 16.5 Å². The average Bonchev–Trinajstić information content (AvgIpc) is 1.97. The van der Waals surface area contributed by atoms with Crippen LogP contribution in [0.4, 0.5) is 0 Å². The van der Waals surface area contributed by atoms with Gasteiger partial charge < -0.3 is 9.58 Å². The van der Waals surface area contributed by atoms with Crippen LogP contribution in [-0.2, 0) is 16.5 Å². The van der Waals surface area contributed by atoms with Gasteiger partial charge in [-0.3, -0.25) is 0 Å². The van der Waals surface area contributed by atoms with E-state index in [1.807, 2.05) is 0 Å². The third-order valence-electron chi connectivity index (χ3n) is 4.50. The Morgan fingerprint density at radius 1 is 0.259 bits per heavy atom. The normalized spacial score (nSPS) is 14.7. The smallest absolute Gasteiger partial charge is 0.311 e. The van der Waals surface area contributed by atoms with E-state index in [4.69, 9.17) is 0 Å². The van der Waals surface area contributed by atoms with E-state index in [1.54, 1.807) is 0 Å². The van der Waals surface area contributed by atoms with Gasteiger partial charge in [-0.05, 0) is 0 Å². The number of rotatable bonds is 6. The second-order valence-electron chi connectivity index (χ2n) is 14.2. The molecule has 0 N–H and O–H groups in total. The van der Waals surface area contributed by atoms with Crippen LogP contribution < -0.4 is 0 Å². The Morgan fingerprint density at radius 2 is 0.333 bits per heavy atom. The van der Waals surface area contributed by atoms with Crippen molar-refractivity contribution in [3.05, 3.63) is 9.58 Å². The molecule has 0 aromatic rings. The van der Waals surface area contributed by atoms with Crippen LogP contribution in [0.25, 0.3) is 0 Å². The molecule has 0 fully saturated rings. The van der Waals surface area contributed by atoms with Crippen LogP contribution in [0.15, 0.2) is 0 Å². The van der Waals surface area contributed by atoms with Crippen LogP contribution in [0.2, 0.25) is 118 Å². The molecule has 0 rings (SSSR count). The summed E-state index contributed by atoms with van der Waals surface area (Å²) in [5, 5.41) is 0. The van der Waals surface area contributed by atoms with Gasteiger partial charge in [-0.15, -0.1) is 48.4 Å². The Balaban J connectivity index is -0.000000411. The molecule has 27 heavy (non-hydrogen) atoms. The first-order valence-electron chi connectivity index (χ1n) is 10.5. The Hall–Kier alpha value is 1.79. The fourth-order valence-electron chi connectivity index (χ4n) is 6.75. The van der Waals surface area contributed by atoms with Crippen molar-refractivity contribution in [1.29, 1.82) is 0 Å². The third kappa shape index (κ3) is 12.9. The van der Waals surface area contributed by atoms with Gasteiger partial charge in [0.05, 0.1) is 0 Å². The SMILES string of the molecule is C[Si](C)(C)[C-]([Si](C)(C)C)[Si](C)(C)C.C[Si](C)(C)[C-]([Si](C)(C)C)[Si](C)(C)C.[Ni+2]. The predicted octanol–water partition coefficient (Wildman–Crippen LogP) is 8.38. The van der Waals surface area contributed by atoms with E-state index in [2.05, 4.69) is 127 Å². The predicted molar refractivity (Wildman–Crippen MR) is 147 cm³/mol. The second-order valence-corrected chi connectivity index (χ2v) is 47.2. The van der Waals surface area contributed by atoms with E-state index < -0.39 is 48.4 Å². The van der Waals surface area contributed by atoms with Crippen molar-refractivity contribution in [2.75, 3.05) is 0 Å². The Labute approximate surface area is 191 Å². The van der Waals surface area contributed by atoms with Gasteiger partial charge in [0.1, 0.15) is 0 Å². The van der Waals surface area contributed by atoms with Crippen LogP contribution in [0.1, 0.15) is 0 Å². The van der Waals surface area contributed by atoms with Crippen LogP contribution in [-0.4, -0.2) is 48.4 Å². The van der Waals surface area contributed by atoms with Crippen molar-refractivity contribution in [2.45, 2.75) is 118 Å². The second kappa shape index (κ2) is 10.4. The van der Waals surface area contributed by atoms with E-state index >= 15 is 0 Å². The molecule has 0 radical (unpaired) electrons. The zero-order chi connectivity index (χ0) is 22.2. The quantitative estimate of drug-likeness (QED) is 0.243. The summed E-state index contributed by atoms with van der Waals surface area (Å²) in [5.74, 6) is 0. The molecular weight excluding hydrogens is 467 g/mol. The van der Waals surface area contributed by atoms with Gasteiger partial charge in [-0.25, -0.2) is 0 Å². The Bertz CT molecular complexity index is 314. The minimum atomic E-state index is -1.02. The van der Waals surface area contributed by atoms with Gasteiger partial charge in [0.25, 0.3) is 0 Å². The first-order chi connectivity index (χ1) is 10.7. The molecule has 0 saturated carbocycles. The van der Waals surface area contributed by atoms with Gasteiger partial charge in [0.2, 0.25) is 0 Å². The average molecular weight is 522 g/mol. The summed E-state index contributed by atoms with van der Waals surface area (Å²) in [7, 11) is -6.10. The van der Waals surface area contributed by atoms with E-state index in [0.717, 1.165) is 0 Å². The largest absolute Gasteiger partial charge is 2.00 e. The minimum absolute atomic E-state index is 0. The van der Waals surface area contributed by atoms with Crippen molar-refractivity contribution in [1.82, 2.24) is 0 Å². The van der Waals surface area contributed by atoms with Crippen molar-refractivity contribution >= 4 is 48.4 Å². The summed E-state index contributed by atoms with van der Waals surface area (Å²) < 4.78 is 0. The molecule has 0 amide bonds. The van der Waals surface area contributed by atoms with Crippen molar-refractivity contribution in [2.24, 2.45) is 0 Å². The van der Waals surface area contributed by atoms with Crippen molar-refractivity contribution in [3.8, 4) is 0 Å². The van der Waals surface area contributed by atoms with E-state index in [0.29, 0.717) is 0 Å². The summed E-state index contributed by atoms with van der Waals surface area (Å²) in [6.45, 7) is 45.5. The third-order valence-corrected chi connectivity index (χ3v) is 40.5. The standard InChI is InChI=1S/2C10H27Si3.Ni/c2*1-11(2,3)10(12(4,5)6)13(7,8)9;/h2*1-9H3;/q2*-1;+2. The zero-order valence-corrected chi connectivity index (χ0v) is 29.3. The number of hydrogen-bond acceptors (Lipinski definition) is 0. The van der Waals surface area contributed by atoms with Crippen LogP contribution in [0.5, 0.6) is 0 Å². The van der Waals surface area contributed by atoms with Crippen LogP contribution in [0.3, 0.4) is 0 Å². The molecule has 0 aliphatic rings. The Morgan fingerprint density at radius 3 is 0.333 bits per heavy atom. The summed E-state index contributed by atoms with van der Waals surface area (Å²) in [4.78, 5) is 4.12. The van der Waals surface area contributed by atoms with Gasteiger partial charge in [-0.2, -0.15) is 0 Å². The molecule has 0 heterocycles. The molecule has 0 saturated heterocycles. The molecule has 0 aromatic carbocycles. The van der Waals surface area contributed by atoms with Gasteiger partial charge in [-0.1, -0.05) is 118 Å². The fraction of sp³-hybridized carbons (Fsp3) is 0.900. The Kier molecular flexibility index (Phi) is 12.9. The topological polar surface area (TPSA) is 0 Å². The zero-order valence-electron chi connectivity index (χ0n) is 22.3. The molecule has 0 spiro atoms. The molecule has 0 aliphatic carbocycles. The molecule has 0 unspecified atom stereocenters. The van der Waals surface area contributed by atoms with Gasteiger partial charge in [0.15, 0.2) is 0 Å². The van der Waals surface area contributed by atoms with Gasteiger partial charge in [0, 0.05) is 0 Å². The molecule has 0 aromatic heterocycles. The van der Waals surface area contributed by atoms with Crippen molar-refractivity contribution in [3.63, 3.8) is 0 Å². The monoisotopic (exact) mass is 520 g/mol. The summed E-state index contributed by atoms with van der Waals surface area (Å²) >= 11 is 0. The molecule has 168 valence electrons. The van der Waals surface area contributed by atoms with Gasteiger partial charge >= 0.3 is 16.5 Å². The maximum atomic E-state index is 2.53. The molecule has 0 aliphatic heterocycles. The summed E-state index contributed by atoms with van der Waals surface area (Å²) in [5.41, 5.74) is 0. The molecule has 7 heteroatoms. The fourth-order valence-corrected chi connectivity index (χ4v) is 60.8. The van der Waals surface area contributed by atoms with E-state index in [9.17, 15) is 0 Å². The first-order valence-corrected chi connectivity index (χ1v) is 31.5. The molecule has 0 nitrogen and oxygen atoms in total. The molecule has 0 atom stereocenters. The maximum absolute atomic E-state index is 2.53. The first kappa shape index (κ1) is 33.4. The summed E-state index contributed by atoms with van der Waals surface area (Å²) in [6, 6.07) is 0. The minimum Gasteiger partial charge on any atom is -0.311 e. The molecule has 0 bridgehead atoms. The van der Waals surface area contributed by atoms with Crippen LogP contribution >= 0.6 is 0 Å².